The number of benzene rings is 3. The van der Waals surface area contributed by atoms with Gasteiger partial charge in [-0.25, -0.2) is 4.79 Å². The molecule has 1 saturated carbocycles. The van der Waals surface area contributed by atoms with Crippen molar-refractivity contribution in [3.8, 4) is 22.8 Å². The van der Waals surface area contributed by atoms with Crippen molar-refractivity contribution in [1.82, 2.24) is 15.1 Å². The summed E-state index contributed by atoms with van der Waals surface area (Å²) in [6, 6.07) is 21.3. The Morgan fingerprint density at radius 2 is 1.82 bits per heavy atom. The van der Waals surface area contributed by atoms with Gasteiger partial charge >= 0.3 is 6.03 Å². The van der Waals surface area contributed by atoms with Crippen molar-refractivity contribution in [2.75, 3.05) is 12.4 Å². The molecule has 5 rings (SSSR count). The Hall–Kier alpha value is -4.59. The van der Waals surface area contributed by atoms with E-state index in [1.54, 1.807) is 36.4 Å². The van der Waals surface area contributed by atoms with Crippen molar-refractivity contribution in [1.29, 1.82) is 0 Å². The van der Waals surface area contributed by atoms with Crippen molar-refractivity contribution in [2.45, 2.75) is 38.6 Å². The predicted octanol–water partition coefficient (Wildman–Crippen LogP) is 5.85. The van der Waals surface area contributed by atoms with E-state index >= 15 is 0 Å². The highest BCUT2D eigenvalue weighted by molar-refractivity contribution is 6.06. The number of carbonyl (C=O) groups excluding carboxylic acids is 2. The van der Waals surface area contributed by atoms with Gasteiger partial charge in [-0.15, -0.1) is 0 Å². The van der Waals surface area contributed by atoms with Crippen LogP contribution in [0.15, 0.2) is 72.8 Å². The van der Waals surface area contributed by atoms with Crippen molar-refractivity contribution in [3.63, 3.8) is 0 Å². The van der Waals surface area contributed by atoms with E-state index in [1.165, 1.54) is 17.9 Å². The number of aryl methyl sites for hydroxylation is 1. The molecule has 1 fully saturated rings. The Labute approximate surface area is 221 Å². The molecule has 8 nitrogen and oxygen atoms in total. The summed E-state index contributed by atoms with van der Waals surface area (Å²) in [6.07, 6.45) is 3.07. The van der Waals surface area contributed by atoms with E-state index in [2.05, 4.69) is 15.7 Å². The number of phenols is 1. The number of phenolic OH excluding ortho intramolecular Hbond substituents is 1. The van der Waals surface area contributed by atoms with Crippen LogP contribution in [0, 0.1) is 6.92 Å². The van der Waals surface area contributed by atoms with E-state index in [9.17, 15) is 14.7 Å². The van der Waals surface area contributed by atoms with Gasteiger partial charge in [0, 0.05) is 23.7 Å². The molecule has 2 amide bonds. The second-order valence-corrected chi connectivity index (χ2v) is 9.52. The summed E-state index contributed by atoms with van der Waals surface area (Å²) < 4.78 is 6.70. The topological polar surface area (TPSA) is 105 Å². The van der Waals surface area contributed by atoms with Crippen LogP contribution in [0.3, 0.4) is 0 Å². The molecule has 1 heterocycles. The molecule has 3 aromatic carbocycles. The number of nitrogens with one attached hydrogen (secondary N) is 2. The molecular formula is C30H30N4O4. The largest absolute Gasteiger partial charge is 0.507 e. The molecule has 194 valence electrons. The maximum atomic E-state index is 13.2. The Morgan fingerprint density at radius 3 is 2.53 bits per heavy atom. The molecule has 0 aliphatic heterocycles. The van der Waals surface area contributed by atoms with Crippen molar-refractivity contribution >= 4 is 17.6 Å². The second kappa shape index (κ2) is 10.8. The fourth-order valence-corrected chi connectivity index (χ4v) is 4.49. The van der Waals surface area contributed by atoms with E-state index in [0.717, 1.165) is 36.1 Å². The SMILES string of the molecule is COc1ccccc1C(=O)Nc1ccc(O)c(-c2cc(C3CCC3)n(C(=O)NCc3ccc(C)cc3)n2)c1. The highest BCUT2D eigenvalue weighted by Crippen LogP contribution is 2.39. The molecule has 4 aromatic rings. The quantitative estimate of drug-likeness (QED) is 0.271. The zero-order valence-electron chi connectivity index (χ0n) is 21.4. The Kier molecular flexibility index (Phi) is 7.13. The minimum atomic E-state index is -0.338. The van der Waals surface area contributed by atoms with Gasteiger partial charge in [-0.1, -0.05) is 48.4 Å². The molecule has 0 radical (unpaired) electrons. The minimum absolute atomic E-state index is 0.00478. The van der Waals surface area contributed by atoms with Crippen LogP contribution in [0.2, 0.25) is 0 Å². The van der Waals surface area contributed by atoms with Gasteiger partial charge in [0.25, 0.3) is 5.91 Å². The number of nitrogens with zero attached hydrogens (tertiary/aromatic N) is 2. The van der Waals surface area contributed by atoms with E-state index < -0.39 is 0 Å². The molecule has 1 aliphatic rings. The number of hydrogen-bond acceptors (Lipinski definition) is 5. The zero-order valence-corrected chi connectivity index (χ0v) is 21.4. The number of methoxy groups -OCH3 is 1. The number of carbonyl (C=O) groups is 2. The van der Waals surface area contributed by atoms with Gasteiger partial charge in [-0.05, 0) is 61.7 Å². The van der Waals surface area contributed by atoms with Gasteiger partial charge in [-0.3, -0.25) is 4.79 Å². The van der Waals surface area contributed by atoms with Gasteiger partial charge in [0.2, 0.25) is 0 Å². The van der Waals surface area contributed by atoms with Gasteiger partial charge in [0.05, 0.1) is 24.1 Å². The first-order valence-corrected chi connectivity index (χ1v) is 12.6. The van der Waals surface area contributed by atoms with Crippen molar-refractivity contribution in [2.24, 2.45) is 0 Å². The lowest BCUT2D eigenvalue weighted by Gasteiger charge is -2.25. The second-order valence-electron chi connectivity index (χ2n) is 9.52. The van der Waals surface area contributed by atoms with Crippen molar-refractivity contribution in [3.05, 3.63) is 95.2 Å². The maximum absolute atomic E-state index is 13.2. The third kappa shape index (κ3) is 5.25. The predicted molar refractivity (Wildman–Crippen MR) is 146 cm³/mol. The summed E-state index contributed by atoms with van der Waals surface area (Å²) in [5.41, 5.74) is 4.74. The molecule has 3 N–H and O–H groups in total. The van der Waals surface area contributed by atoms with E-state index in [0.29, 0.717) is 34.8 Å². The van der Waals surface area contributed by atoms with Crippen LogP contribution in [-0.2, 0) is 6.54 Å². The number of hydrogen-bond donors (Lipinski definition) is 3. The van der Waals surface area contributed by atoms with Crippen LogP contribution < -0.4 is 15.4 Å². The maximum Gasteiger partial charge on any atom is 0.342 e. The zero-order chi connectivity index (χ0) is 26.6. The number of aromatic hydroxyl groups is 1. The first-order chi connectivity index (χ1) is 18.4. The Balaban J connectivity index is 1.40. The van der Waals surface area contributed by atoms with Gasteiger partial charge in [-0.2, -0.15) is 9.78 Å². The smallest absolute Gasteiger partial charge is 0.342 e. The van der Waals surface area contributed by atoms with Crippen LogP contribution >= 0.6 is 0 Å². The highest BCUT2D eigenvalue weighted by atomic mass is 16.5. The molecule has 0 bridgehead atoms. The molecule has 38 heavy (non-hydrogen) atoms. The Morgan fingerprint density at radius 1 is 1.05 bits per heavy atom. The summed E-state index contributed by atoms with van der Waals surface area (Å²) >= 11 is 0. The van der Waals surface area contributed by atoms with Gasteiger partial charge < -0.3 is 20.5 Å². The normalized spacial score (nSPS) is 13.0. The number of rotatable bonds is 7. The van der Waals surface area contributed by atoms with E-state index in [-0.39, 0.29) is 23.6 Å². The average molecular weight is 511 g/mol. The van der Waals surface area contributed by atoms with E-state index in [1.807, 2.05) is 37.3 Å². The molecule has 0 unspecified atom stereocenters. The molecule has 1 aliphatic carbocycles. The van der Waals surface area contributed by atoms with Crippen molar-refractivity contribution < 1.29 is 19.4 Å². The molecule has 0 atom stereocenters. The summed E-state index contributed by atoms with van der Waals surface area (Å²) in [5, 5.41) is 21.1. The summed E-state index contributed by atoms with van der Waals surface area (Å²) in [6.45, 7) is 2.40. The number of ether oxygens (including phenoxy) is 1. The van der Waals surface area contributed by atoms with Crippen LogP contribution in [0.4, 0.5) is 10.5 Å². The summed E-state index contributed by atoms with van der Waals surface area (Å²) in [5.74, 6) is 0.363. The molecule has 0 saturated heterocycles. The average Bonchev–Trinajstić information content (AvgIpc) is 3.32. The lowest BCUT2D eigenvalue weighted by Crippen LogP contribution is -2.31. The summed E-state index contributed by atoms with van der Waals surface area (Å²) in [4.78, 5) is 26.1. The van der Waals surface area contributed by atoms with Gasteiger partial charge in [0.15, 0.2) is 0 Å². The Bertz CT molecular complexity index is 1470. The molecule has 8 heteroatoms. The summed E-state index contributed by atoms with van der Waals surface area (Å²) in [7, 11) is 1.51. The number of anilines is 1. The number of aromatic nitrogens is 2. The standard InChI is InChI=1S/C30H30N4O4/c1-19-10-12-20(13-11-19)18-31-30(37)34-26(21-6-5-7-21)17-25(33-34)24-16-22(14-15-27(24)35)32-29(36)23-8-3-4-9-28(23)38-2/h3-4,8-17,21,35H,5-7,18H2,1-2H3,(H,31,37)(H,32,36). The highest BCUT2D eigenvalue weighted by Gasteiger charge is 2.27. The molecule has 0 spiro atoms. The monoisotopic (exact) mass is 510 g/mol. The van der Waals surface area contributed by atoms with Crippen LogP contribution in [0.1, 0.15) is 52.4 Å². The third-order valence-corrected chi connectivity index (χ3v) is 6.90. The van der Waals surface area contributed by atoms with Crippen LogP contribution in [-0.4, -0.2) is 33.9 Å². The molecule has 1 aromatic heterocycles. The first-order valence-electron chi connectivity index (χ1n) is 12.6. The fourth-order valence-electron chi connectivity index (χ4n) is 4.49. The fraction of sp³-hybridized carbons (Fsp3) is 0.233. The lowest BCUT2D eigenvalue weighted by atomic mass is 9.82. The van der Waals surface area contributed by atoms with E-state index in [4.69, 9.17) is 4.74 Å². The van der Waals surface area contributed by atoms with Crippen LogP contribution in [0.25, 0.3) is 11.3 Å². The van der Waals surface area contributed by atoms with Gasteiger partial charge in [0.1, 0.15) is 11.5 Å². The first kappa shape index (κ1) is 25.1. The number of amides is 2. The number of para-hydroxylation sites is 1. The lowest BCUT2D eigenvalue weighted by molar-refractivity contribution is 0.102. The third-order valence-electron chi connectivity index (χ3n) is 6.90. The molecular weight excluding hydrogens is 480 g/mol. The van der Waals surface area contributed by atoms with Crippen LogP contribution in [0.5, 0.6) is 11.5 Å². The minimum Gasteiger partial charge on any atom is -0.507 e.